The maximum Gasteiger partial charge on any atom is 0.254 e. The fourth-order valence-electron chi connectivity index (χ4n) is 2.26. The Morgan fingerprint density at radius 3 is 2.68 bits per heavy atom. The summed E-state index contributed by atoms with van der Waals surface area (Å²) < 4.78 is 13.0. The lowest BCUT2D eigenvalue weighted by molar-refractivity contribution is -0.116. The highest BCUT2D eigenvalue weighted by Gasteiger charge is 2.10. The Labute approximate surface area is 127 Å². The lowest BCUT2D eigenvalue weighted by Gasteiger charge is -2.09. The monoisotopic (exact) mass is 303 g/mol. The number of amides is 1. The van der Waals surface area contributed by atoms with Gasteiger partial charge in [-0.25, -0.2) is 9.37 Å². The second kappa shape index (κ2) is 6.51. The van der Waals surface area contributed by atoms with Gasteiger partial charge >= 0.3 is 0 Å². The number of halogens is 1. The fraction of sp³-hybridized carbons (Fsp3) is 0.312. The number of nitrogens with zero attached hydrogens (tertiary/aromatic N) is 1. The molecule has 6 heteroatoms. The summed E-state index contributed by atoms with van der Waals surface area (Å²) in [4.78, 5) is 30.6. The summed E-state index contributed by atoms with van der Waals surface area (Å²) in [5.41, 5.74) is 2.15. The predicted molar refractivity (Wildman–Crippen MR) is 82.4 cm³/mol. The minimum Gasteiger partial charge on any atom is -0.326 e. The number of H-pyrrole nitrogens is 1. The van der Waals surface area contributed by atoms with Gasteiger partial charge in [0.15, 0.2) is 0 Å². The second-order valence-electron chi connectivity index (χ2n) is 5.22. The van der Waals surface area contributed by atoms with Crippen LogP contribution < -0.4 is 10.9 Å². The zero-order valence-electron chi connectivity index (χ0n) is 12.8. The van der Waals surface area contributed by atoms with Crippen LogP contribution in [0.5, 0.6) is 0 Å². The number of anilines is 1. The number of rotatable bonds is 4. The van der Waals surface area contributed by atoms with Crippen LogP contribution in [0.3, 0.4) is 0 Å². The number of nitrogens with one attached hydrogen (secondary N) is 2. The average molecular weight is 303 g/mol. The van der Waals surface area contributed by atoms with Crippen LogP contribution in [0.4, 0.5) is 10.1 Å². The molecule has 0 fully saturated rings. The zero-order chi connectivity index (χ0) is 16.3. The molecule has 0 radical (unpaired) electrons. The number of hydrogen-bond acceptors (Lipinski definition) is 3. The number of hydrogen-bond donors (Lipinski definition) is 2. The molecule has 1 amide bonds. The Bertz CT molecular complexity index is 768. The van der Waals surface area contributed by atoms with Crippen LogP contribution in [-0.2, 0) is 11.2 Å². The minimum atomic E-state index is -0.344. The summed E-state index contributed by atoms with van der Waals surface area (Å²) in [6, 6.07) is 4.17. The van der Waals surface area contributed by atoms with E-state index in [0.29, 0.717) is 34.8 Å². The van der Waals surface area contributed by atoms with Gasteiger partial charge in [-0.2, -0.15) is 0 Å². The highest BCUT2D eigenvalue weighted by molar-refractivity contribution is 5.91. The number of carbonyl (C=O) groups is 1. The third kappa shape index (κ3) is 3.78. The predicted octanol–water partition coefficient (Wildman–Crippen LogP) is 2.41. The Balaban J connectivity index is 2.03. The summed E-state index contributed by atoms with van der Waals surface area (Å²) in [6.45, 7) is 5.18. The van der Waals surface area contributed by atoms with Crippen LogP contribution in [0.1, 0.15) is 29.1 Å². The standard InChI is InChI=1S/C16H18FN3O2/c1-9-8-12(17)4-6-14(9)20-15(21)7-5-13-10(2)18-11(3)19-16(13)22/h4,6,8H,5,7H2,1-3H3,(H,20,21)(H,18,19,22). The lowest BCUT2D eigenvalue weighted by Crippen LogP contribution is -2.20. The summed E-state index contributed by atoms with van der Waals surface area (Å²) in [7, 11) is 0. The molecule has 1 aromatic carbocycles. The molecule has 0 saturated heterocycles. The SMILES string of the molecule is Cc1nc(C)c(CCC(=O)Nc2ccc(F)cc2C)c(=O)[nH]1. The van der Waals surface area contributed by atoms with Crippen molar-refractivity contribution in [1.29, 1.82) is 0 Å². The van der Waals surface area contributed by atoms with Gasteiger partial charge in [0.1, 0.15) is 11.6 Å². The van der Waals surface area contributed by atoms with Gasteiger partial charge in [-0.3, -0.25) is 9.59 Å². The summed E-state index contributed by atoms with van der Waals surface area (Å²) in [5.74, 6) is -0.0184. The molecule has 0 unspecified atom stereocenters. The molecule has 22 heavy (non-hydrogen) atoms. The Kier molecular flexibility index (Phi) is 4.70. The number of aryl methyl sites for hydroxylation is 3. The highest BCUT2D eigenvalue weighted by Crippen LogP contribution is 2.16. The van der Waals surface area contributed by atoms with E-state index in [0.717, 1.165) is 0 Å². The molecular formula is C16H18FN3O2. The van der Waals surface area contributed by atoms with Crippen molar-refractivity contribution < 1.29 is 9.18 Å². The van der Waals surface area contributed by atoms with Gasteiger partial charge in [-0.15, -0.1) is 0 Å². The number of aromatic nitrogens is 2. The van der Waals surface area contributed by atoms with Gasteiger partial charge in [0.25, 0.3) is 5.56 Å². The summed E-state index contributed by atoms with van der Waals surface area (Å²) >= 11 is 0. The van der Waals surface area contributed by atoms with Crippen LogP contribution >= 0.6 is 0 Å². The molecule has 2 rings (SSSR count). The Hall–Kier alpha value is -2.50. The Morgan fingerprint density at radius 1 is 1.32 bits per heavy atom. The van der Waals surface area contributed by atoms with Crippen LogP contribution in [0.15, 0.2) is 23.0 Å². The van der Waals surface area contributed by atoms with Gasteiger partial charge in [0.2, 0.25) is 5.91 Å². The zero-order valence-corrected chi connectivity index (χ0v) is 12.8. The number of benzene rings is 1. The van der Waals surface area contributed by atoms with Crippen molar-refractivity contribution in [3.63, 3.8) is 0 Å². The molecule has 2 N–H and O–H groups in total. The number of carbonyl (C=O) groups excluding carboxylic acids is 1. The maximum atomic E-state index is 13.0. The van der Waals surface area contributed by atoms with E-state index in [-0.39, 0.29) is 23.7 Å². The molecule has 0 saturated carbocycles. The molecule has 0 spiro atoms. The molecule has 0 atom stereocenters. The van der Waals surface area contributed by atoms with Crippen molar-refractivity contribution in [2.45, 2.75) is 33.6 Å². The van der Waals surface area contributed by atoms with E-state index in [1.54, 1.807) is 20.8 Å². The maximum absolute atomic E-state index is 13.0. The smallest absolute Gasteiger partial charge is 0.254 e. The quantitative estimate of drug-likeness (QED) is 0.910. The molecule has 0 aliphatic carbocycles. The lowest BCUT2D eigenvalue weighted by atomic mass is 10.1. The molecular weight excluding hydrogens is 285 g/mol. The molecule has 2 aromatic rings. The van der Waals surface area contributed by atoms with E-state index >= 15 is 0 Å². The molecule has 1 aromatic heterocycles. The van der Waals surface area contributed by atoms with Gasteiger partial charge in [0.05, 0.1) is 0 Å². The van der Waals surface area contributed by atoms with Crippen LogP contribution in [0.2, 0.25) is 0 Å². The van der Waals surface area contributed by atoms with Crippen molar-refractivity contribution in [2.75, 3.05) is 5.32 Å². The third-order valence-corrected chi connectivity index (χ3v) is 3.41. The topological polar surface area (TPSA) is 74.8 Å². The first-order valence-electron chi connectivity index (χ1n) is 6.99. The molecule has 116 valence electrons. The number of aromatic amines is 1. The van der Waals surface area contributed by atoms with E-state index in [9.17, 15) is 14.0 Å². The third-order valence-electron chi connectivity index (χ3n) is 3.41. The normalized spacial score (nSPS) is 10.5. The van der Waals surface area contributed by atoms with Crippen LogP contribution in [-0.4, -0.2) is 15.9 Å². The van der Waals surface area contributed by atoms with E-state index in [1.807, 2.05) is 0 Å². The highest BCUT2D eigenvalue weighted by atomic mass is 19.1. The van der Waals surface area contributed by atoms with Gasteiger partial charge < -0.3 is 10.3 Å². The van der Waals surface area contributed by atoms with E-state index in [4.69, 9.17) is 0 Å². The first-order chi connectivity index (χ1) is 10.4. The van der Waals surface area contributed by atoms with E-state index in [2.05, 4.69) is 15.3 Å². The fourth-order valence-corrected chi connectivity index (χ4v) is 2.26. The summed E-state index contributed by atoms with van der Waals surface area (Å²) in [6.07, 6.45) is 0.464. The van der Waals surface area contributed by atoms with Crippen molar-refractivity contribution >= 4 is 11.6 Å². The van der Waals surface area contributed by atoms with Crippen LogP contribution in [0, 0.1) is 26.6 Å². The van der Waals surface area contributed by atoms with Crippen molar-refractivity contribution in [2.24, 2.45) is 0 Å². The molecule has 0 aliphatic heterocycles. The Morgan fingerprint density at radius 2 is 2.05 bits per heavy atom. The minimum absolute atomic E-state index is 0.158. The van der Waals surface area contributed by atoms with Crippen molar-refractivity contribution in [1.82, 2.24) is 9.97 Å². The van der Waals surface area contributed by atoms with E-state index < -0.39 is 0 Å². The summed E-state index contributed by atoms with van der Waals surface area (Å²) in [5, 5.41) is 2.72. The molecule has 5 nitrogen and oxygen atoms in total. The first-order valence-corrected chi connectivity index (χ1v) is 6.99. The second-order valence-corrected chi connectivity index (χ2v) is 5.22. The molecule has 0 bridgehead atoms. The molecule has 1 heterocycles. The van der Waals surface area contributed by atoms with Gasteiger partial charge in [-0.1, -0.05) is 0 Å². The van der Waals surface area contributed by atoms with E-state index in [1.165, 1.54) is 18.2 Å². The molecule has 0 aliphatic rings. The van der Waals surface area contributed by atoms with Crippen molar-refractivity contribution in [3.05, 3.63) is 57.0 Å². The first kappa shape index (κ1) is 15.9. The average Bonchev–Trinajstić information content (AvgIpc) is 2.40. The van der Waals surface area contributed by atoms with Crippen molar-refractivity contribution in [3.8, 4) is 0 Å². The van der Waals surface area contributed by atoms with Crippen LogP contribution in [0.25, 0.3) is 0 Å². The largest absolute Gasteiger partial charge is 0.326 e. The van der Waals surface area contributed by atoms with Gasteiger partial charge in [0, 0.05) is 23.4 Å². The van der Waals surface area contributed by atoms with Gasteiger partial charge in [-0.05, 0) is 51.0 Å².